The number of halogens is 1. The Kier molecular flexibility index (Phi) is 3.15. The first-order valence-corrected chi connectivity index (χ1v) is 6.31. The van der Waals surface area contributed by atoms with Crippen LogP contribution in [0.3, 0.4) is 0 Å². The molecule has 17 heavy (non-hydrogen) atoms. The molecule has 0 N–H and O–H groups in total. The molecule has 1 heterocycles. The van der Waals surface area contributed by atoms with Crippen LogP contribution in [0.25, 0.3) is 0 Å². The van der Waals surface area contributed by atoms with E-state index in [1.165, 1.54) is 0 Å². The van der Waals surface area contributed by atoms with Crippen LogP contribution in [0.2, 0.25) is 0 Å². The number of cyclic esters (lactones) is 1. The third-order valence-electron chi connectivity index (χ3n) is 2.78. The number of fused-ring (bicyclic) bond motifs is 1. The molecule has 2 rings (SSSR count). The number of carbonyl (C=O) groups excluding carboxylic acids is 2. The number of benzene rings is 1. The van der Waals surface area contributed by atoms with E-state index >= 15 is 0 Å². The highest BCUT2D eigenvalue weighted by Gasteiger charge is 2.46. The van der Waals surface area contributed by atoms with Gasteiger partial charge in [0.2, 0.25) is 5.78 Å². The van der Waals surface area contributed by atoms with Crippen LogP contribution >= 0.6 is 15.9 Å². The van der Waals surface area contributed by atoms with E-state index in [1.54, 1.807) is 30.3 Å². The van der Waals surface area contributed by atoms with Gasteiger partial charge < -0.3 is 4.74 Å². The summed E-state index contributed by atoms with van der Waals surface area (Å²) in [7, 11) is 0. The number of esters is 1. The molecular formula is C13H11BrO3. The molecule has 0 aromatic heterocycles. The lowest BCUT2D eigenvalue weighted by molar-refractivity contribution is -0.00372. The van der Waals surface area contributed by atoms with Crippen molar-refractivity contribution in [2.75, 3.05) is 5.33 Å². The van der Waals surface area contributed by atoms with Gasteiger partial charge in [-0.05, 0) is 6.07 Å². The van der Waals surface area contributed by atoms with E-state index in [4.69, 9.17) is 4.74 Å². The highest BCUT2D eigenvalue weighted by molar-refractivity contribution is 9.09. The zero-order chi connectivity index (χ0) is 12.5. The summed E-state index contributed by atoms with van der Waals surface area (Å²) in [5.41, 5.74) is -0.393. The number of alkyl halides is 1. The summed E-state index contributed by atoms with van der Waals surface area (Å²) in [5, 5.41) is 0.269. The number of Topliss-reactive ketones (excluding diaryl/α,β-unsaturated/α-hetero) is 1. The molecule has 88 valence electrons. The zero-order valence-electron chi connectivity index (χ0n) is 9.11. The van der Waals surface area contributed by atoms with Crippen molar-refractivity contribution in [2.45, 2.75) is 12.0 Å². The van der Waals surface area contributed by atoms with E-state index in [0.29, 0.717) is 17.5 Å². The first-order chi connectivity index (χ1) is 8.14. The Labute approximate surface area is 108 Å². The molecule has 0 saturated heterocycles. The number of carbonyl (C=O) groups is 2. The van der Waals surface area contributed by atoms with Crippen molar-refractivity contribution in [1.29, 1.82) is 0 Å². The van der Waals surface area contributed by atoms with Gasteiger partial charge in [0.05, 0.1) is 10.9 Å². The van der Waals surface area contributed by atoms with E-state index in [1.807, 2.05) is 0 Å². The van der Waals surface area contributed by atoms with Crippen LogP contribution in [-0.4, -0.2) is 22.7 Å². The normalized spacial score (nSPS) is 22.9. The van der Waals surface area contributed by atoms with E-state index < -0.39 is 11.6 Å². The minimum Gasteiger partial charge on any atom is -0.446 e. The molecular weight excluding hydrogens is 284 g/mol. The van der Waals surface area contributed by atoms with Gasteiger partial charge in [0.1, 0.15) is 0 Å². The number of ketones is 1. The van der Waals surface area contributed by atoms with Gasteiger partial charge in [-0.1, -0.05) is 40.2 Å². The molecule has 1 unspecified atom stereocenters. The average molecular weight is 295 g/mol. The standard InChI is InChI=1S/C13H11BrO3/c1-2-7-13(8-14)11(15)9-5-3-4-6-10(9)12(16)17-13/h2-6H,1,7-8H2. The molecule has 1 aromatic carbocycles. The van der Waals surface area contributed by atoms with Gasteiger partial charge in [0.25, 0.3) is 0 Å². The quantitative estimate of drug-likeness (QED) is 0.489. The van der Waals surface area contributed by atoms with Crippen LogP contribution in [0.15, 0.2) is 36.9 Å². The smallest absolute Gasteiger partial charge is 0.339 e. The SMILES string of the molecule is C=CCC1(CBr)OC(=O)c2ccccc2C1=O. The van der Waals surface area contributed by atoms with E-state index in [9.17, 15) is 9.59 Å². The lowest BCUT2D eigenvalue weighted by Crippen LogP contribution is -2.48. The van der Waals surface area contributed by atoms with Gasteiger partial charge in [-0.3, -0.25) is 4.79 Å². The fraction of sp³-hybridized carbons (Fsp3) is 0.231. The molecule has 0 aliphatic carbocycles. The van der Waals surface area contributed by atoms with E-state index in [-0.39, 0.29) is 11.1 Å². The monoisotopic (exact) mass is 294 g/mol. The molecule has 0 amide bonds. The van der Waals surface area contributed by atoms with Crippen molar-refractivity contribution in [3.63, 3.8) is 0 Å². The van der Waals surface area contributed by atoms with Crippen LogP contribution < -0.4 is 0 Å². The molecule has 3 nitrogen and oxygen atoms in total. The predicted molar refractivity (Wildman–Crippen MR) is 67.5 cm³/mol. The Balaban J connectivity index is 2.55. The lowest BCUT2D eigenvalue weighted by Gasteiger charge is -2.33. The maximum absolute atomic E-state index is 12.4. The number of hydrogen-bond acceptors (Lipinski definition) is 3. The van der Waals surface area contributed by atoms with Crippen molar-refractivity contribution < 1.29 is 14.3 Å². The Morgan fingerprint density at radius 1 is 1.29 bits per heavy atom. The minimum atomic E-state index is -1.15. The Morgan fingerprint density at radius 2 is 1.94 bits per heavy atom. The molecule has 1 aliphatic heterocycles. The summed E-state index contributed by atoms with van der Waals surface area (Å²) >= 11 is 3.24. The van der Waals surface area contributed by atoms with Crippen LogP contribution in [0, 0.1) is 0 Å². The van der Waals surface area contributed by atoms with Crippen LogP contribution in [0.1, 0.15) is 27.1 Å². The van der Waals surface area contributed by atoms with Crippen LogP contribution in [0.5, 0.6) is 0 Å². The molecule has 4 heteroatoms. The summed E-state index contributed by atoms with van der Waals surface area (Å²) in [6.07, 6.45) is 1.89. The van der Waals surface area contributed by atoms with Gasteiger partial charge in [-0.2, -0.15) is 0 Å². The Hall–Kier alpha value is -1.42. The van der Waals surface area contributed by atoms with Gasteiger partial charge >= 0.3 is 5.97 Å². The molecule has 1 aliphatic rings. The van der Waals surface area contributed by atoms with Crippen molar-refractivity contribution >= 4 is 27.7 Å². The summed E-state index contributed by atoms with van der Waals surface area (Å²) < 4.78 is 5.30. The third kappa shape index (κ3) is 1.82. The fourth-order valence-corrected chi connectivity index (χ4v) is 2.49. The van der Waals surface area contributed by atoms with E-state index in [0.717, 1.165) is 0 Å². The Morgan fingerprint density at radius 3 is 2.53 bits per heavy atom. The molecule has 0 fully saturated rings. The second kappa shape index (κ2) is 4.45. The van der Waals surface area contributed by atoms with Gasteiger partial charge in [-0.15, -0.1) is 6.58 Å². The largest absolute Gasteiger partial charge is 0.446 e. The number of rotatable bonds is 3. The first-order valence-electron chi connectivity index (χ1n) is 5.18. The maximum atomic E-state index is 12.4. The second-order valence-corrected chi connectivity index (χ2v) is 4.45. The van der Waals surface area contributed by atoms with Crippen molar-refractivity contribution in [1.82, 2.24) is 0 Å². The van der Waals surface area contributed by atoms with Gasteiger partial charge in [0, 0.05) is 12.0 Å². The summed E-state index contributed by atoms with van der Waals surface area (Å²) in [6.45, 7) is 3.60. The average Bonchev–Trinajstić information content (AvgIpc) is 2.36. The van der Waals surface area contributed by atoms with Gasteiger partial charge in [-0.25, -0.2) is 4.79 Å². The van der Waals surface area contributed by atoms with Crippen molar-refractivity contribution in [3.05, 3.63) is 48.0 Å². The molecule has 0 radical (unpaired) electrons. The van der Waals surface area contributed by atoms with Crippen molar-refractivity contribution in [2.24, 2.45) is 0 Å². The summed E-state index contributed by atoms with van der Waals surface area (Å²) in [4.78, 5) is 24.2. The summed E-state index contributed by atoms with van der Waals surface area (Å²) in [6, 6.07) is 6.70. The third-order valence-corrected chi connectivity index (χ3v) is 3.69. The fourth-order valence-electron chi connectivity index (χ4n) is 1.89. The molecule has 0 saturated carbocycles. The first kappa shape index (κ1) is 12.0. The maximum Gasteiger partial charge on any atom is 0.339 e. The highest BCUT2D eigenvalue weighted by Crippen LogP contribution is 2.32. The topological polar surface area (TPSA) is 43.4 Å². The molecule has 1 atom stereocenters. The summed E-state index contributed by atoms with van der Waals surface area (Å²) in [5.74, 6) is -0.633. The molecule has 0 bridgehead atoms. The highest BCUT2D eigenvalue weighted by atomic mass is 79.9. The van der Waals surface area contributed by atoms with Crippen molar-refractivity contribution in [3.8, 4) is 0 Å². The van der Waals surface area contributed by atoms with Crippen LogP contribution in [0.4, 0.5) is 0 Å². The number of ether oxygens (including phenoxy) is 1. The molecule has 1 aromatic rings. The minimum absolute atomic E-state index is 0.176. The molecule has 0 spiro atoms. The predicted octanol–water partition coefficient (Wildman–Crippen LogP) is 2.75. The second-order valence-electron chi connectivity index (χ2n) is 3.88. The van der Waals surface area contributed by atoms with Crippen LogP contribution in [-0.2, 0) is 4.74 Å². The lowest BCUT2D eigenvalue weighted by atomic mass is 9.86. The van der Waals surface area contributed by atoms with E-state index in [2.05, 4.69) is 22.5 Å². The zero-order valence-corrected chi connectivity index (χ0v) is 10.7. The Bertz CT molecular complexity index is 495. The number of hydrogen-bond donors (Lipinski definition) is 0. The van der Waals surface area contributed by atoms with Gasteiger partial charge in [0.15, 0.2) is 5.60 Å².